The average Bonchev–Trinajstić information content (AvgIpc) is 2.57. The number of fused-ring (bicyclic) bond motifs is 1. The third-order valence-electron chi connectivity index (χ3n) is 3.52. The van der Waals surface area contributed by atoms with Crippen molar-refractivity contribution in [3.8, 4) is 0 Å². The van der Waals surface area contributed by atoms with E-state index in [2.05, 4.69) is 10.3 Å². The number of rotatable bonds is 3. The van der Waals surface area contributed by atoms with Gasteiger partial charge in [-0.3, -0.25) is 14.6 Å². The summed E-state index contributed by atoms with van der Waals surface area (Å²) in [6.07, 6.45) is 4.92. The van der Waals surface area contributed by atoms with Gasteiger partial charge in [-0.2, -0.15) is 0 Å². The second-order valence-corrected chi connectivity index (χ2v) is 5.04. The van der Waals surface area contributed by atoms with Crippen LogP contribution in [0.5, 0.6) is 0 Å². The van der Waals surface area contributed by atoms with Crippen LogP contribution in [0.25, 0.3) is 10.9 Å². The van der Waals surface area contributed by atoms with Crippen LogP contribution in [0.4, 0.5) is 0 Å². The van der Waals surface area contributed by atoms with E-state index in [0.29, 0.717) is 11.9 Å². The van der Waals surface area contributed by atoms with Gasteiger partial charge < -0.3 is 9.88 Å². The molecule has 0 saturated heterocycles. The first-order valence-electron chi connectivity index (χ1n) is 6.92. The van der Waals surface area contributed by atoms with Crippen molar-refractivity contribution in [2.45, 2.75) is 6.54 Å². The molecule has 0 aliphatic heterocycles. The fourth-order valence-corrected chi connectivity index (χ4v) is 2.38. The van der Waals surface area contributed by atoms with Gasteiger partial charge in [-0.25, -0.2) is 0 Å². The highest BCUT2D eigenvalue weighted by Gasteiger charge is 2.13. The summed E-state index contributed by atoms with van der Waals surface area (Å²) in [7, 11) is 1.82. The van der Waals surface area contributed by atoms with E-state index < -0.39 is 0 Å². The number of hydrogen-bond donors (Lipinski definition) is 1. The van der Waals surface area contributed by atoms with Gasteiger partial charge in [0.25, 0.3) is 5.91 Å². The zero-order chi connectivity index (χ0) is 15.5. The van der Waals surface area contributed by atoms with Crippen molar-refractivity contribution < 1.29 is 4.79 Å². The second kappa shape index (κ2) is 5.81. The van der Waals surface area contributed by atoms with E-state index in [1.165, 1.54) is 0 Å². The topological polar surface area (TPSA) is 64.0 Å². The minimum Gasteiger partial charge on any atom is -0.350 e. The largest absolute Gasteiger partial charge is 0.350 e. The first-order chi connectivity index (χ1) is 10.7. The number of carbonyl (C=O) groups excluding carboxylic acids is 1. The van der Waals surface area contributed by atoms with E-state index in [1.807, 2.05) is 25.2 Å². The first-order valence-corrected chi connectivity index (χ1v) is 6.92. The standard InChI is InChI=1S/C17H15N3O2/c1-20-11-14(16(21)13-6-2-3-7-15(13)20)17(22)19-10-12-5-4-8-18-9-12/h2-9,11H,10H2,1H3,(H,19,22). The Bertz CT molecular complexity index is 885. The van der Waals surface area contributed by atoms with E-state index in [1.54, 1.807) is 41.4 Å². The van der Waals surface area contributed by atoms with Gasteiger partial charge in [-0.1, -0.05) is 18.2 Å². The Balaban J connectivity index is 1.91. The number of carbonyl (C=O) groups is 1. The highest BCUT2D eigenvalue weighted by atomic mass is 16.2. The summed E-state index contributed by atoms with van der Waals surface area (Å²) in [6, 6.07) is 10.9. The second-order valence-electron chi connectivity index (χ2n) is 5.04. The lowest BCUT2D eigenvalue weighted by atomic mass is 10.1. The SMILES string of the molecule is Cn1cc(C(=O)NCc2cccnc2)c(=O)c2ccccc21. The van der Waals surface area contributed by atoms with Crippen LogP contribution < -0.4 is 10.7 Å². The maximum Gasteiger partial charge on any atom is 0.257 e. The van der Waals surface area contributed by atoms with Crippen LogP contribution in [0.3, 0.4) is 0 Å². The van der Waals surface area contributed by atoms with Gasteiger partial charge in [-0.15, -0.1) is 0 Å². The lowest BCUT2D eigenvalue weighted by Crippen LogP contribution is -2.29. The van der Waals surface area contributed by atoms with Crippen LogP contribution in [0, 0.1) is 0 Å². The van der Waals surface area contributed by atoms with Crippen molar-refractivity contribution in [3.05, 3.63) is 76.3 Å². The molecule has 3 aromatic rings. The molecule has 5 nitrogen and oxygen atoms in total. The quantitative estimate of drug-likeness (QED) is 0.801. The number of para-hydroxylation sites is 1. The zero-order valence-corrected chi connectivity index (χ0v) is 12.1. The Kier molecular flexibility index (Phi) is 3.70. The Morgan fingerprint density at radius 3 is 2.82 bits per heavy atom. The van der Waals surface area contributed by atoms with E-state index in [9.17, 15) is 9.59 Å². The lowest BCUT2D eigenvalue weighted by molar-refractivity contribution is 0.0949. The van der Waals surface area contributed by atoms with Gasteiger partial charge >= 0.3 is 0 Å². The van der Waals surface area contributed by atoms with Crippen molar-refractivity contribution in [1.82, 2.24) is 14.9 Å². The molecule has 5 heteroatoms. The Morgan fingerprint density at radius 2 is 2.05 bits per heavy atom. The van der Waals surface area contributed by atoms with Crippen LogP contribution >= 0.6 is 0 Å². The number of nitrogens with one attached hydrogen (secondary N) is 1. The molecule has 0 aliphatic rings. The minimum absolute atomic E-state index is 0.144. The number of aromatic nitrogens is 2. The van der Waals surface area contributed by atoms with Crippen LogP contribution in [-0.4, -0.2) is 15.5 Å². The maximum atomic E-state index is 12.4. The Morgan fingerprint density at radius 1 is 1.23 bits per heavy atom. The zero-order valence-electron chi connectivity index (χ0n) is 12.1. The third-order valence-corrected chi connectivity index (χ3v) is 3.52. The van der Waals surface area contributed by atoms with Gasteiger partial charge in [0, 0.05) is 37.6 Å². The summed E-state index contributed by atoms with van der Waals surface area (Å²) in [4.78, 5) is 28.7. The van der Waals surface area contributed by atoms with Crippen LogP contribution in [0.2, 0.25) is 0 Å². The minimum atomic E-state index is -0.379. The highest BCUT2D eigenvalue weighted by molar-refractivity contribution is 5.97. The predicted octanol–water partition coefficient (Wildman–Crippen LogP) is 1.86. The number of benzene rings is 1. The molecule has 110 valence electrons. The monoisotopic (exact) mass is 293 g/mol. The average molecular weight is 293 g/mol. The number of aryl methyl sites for hydroxylation is 1. The van der Waals surface area contributed by atoms with Gasteiger partial charge in [-0.05, 0) is 23.8 Å². The molecule has 1 aromatic carbocycles. The summed E-state index contributed by atoms with van der Waals surface area (Å²) < 4.78 is 1.79. The van der Waals surface area contributed by atoms with Crippen molar-refractivity contribution in [2.75, 3.05) is 0 Å². The van der Waals surface area contributed by atoms with Gasteiger partial charge in [0.05, 0.1) is 5.52 Å². The Hall–Kier alpha value is -2.95. The van der Waals surface area contributed by atoms with Crippen LogP contribution in [0.1, 0.15) is 15.9 Å². The Labute approximate surface area is 127 Å². The highest BCUT2D eigenvalue weighted by Crippen LogP contribution is 2.10. The summed E-state index contributed by atoms with van der Waals surface area (Å²) in [5.41, 5.74) is 1.58. The lowest BCUT2D eigenvalue weighted by Gasteiger charge is -2.09. The fourth-order valence-electron chi connectivity index (χ4n) is 2.38. The van der Waals surface area contributed by atoms with Gasteiger partial charge in [0.15, 0.2) is 0 Å². The number of pyridine rings is 2. The molecule has 1 amide bonds. The molecule has 0 bridgehead atoms. The van der Waals surface area contributed by atoms with Crippen molar-refractivity contribution in [3.63, 3.8) is 0 Å². The first kappa shape index (κ1) is 14.0. The van der Waals surface area contributed by atoms with Gasteiger partial charge in [0.2, 0.25) is 5.43 Å². The van der Waals surface area contributed by atoms with Crippen LogP contribution in [-0.2, 0) is 13.6 Å². The molecule has 0 spiro atoms. The molecule has 0 radical (unpaired) electrons. The number of nitrogens with zero attached hydrogens (tertiary/aromatic N) is 2. The van der Waals surface area contributed by atoms with Crippen molar-refractivity contribution in [1.29, 1.82) is 0 Å². The molecular formula is C17H15N3O2. The summed E-state index contributed by atoms with van der Waals surface area (Å²) in [6.45, 7) is 0.336. The molecule has 3 rings (SSSR count). The molecule has 0 saturated carbocycles. The van der Waals surface area contributed by atoms with Crippen molar-refractivity contribution in [2.24, 2.45) is 7.05 Å². The van der Waals surface area contributed by atoms with E-state index >= 15 is 0 Å². The van der Waals surface area contributed by atoms with E-state index in [0.717, 1.165) is 11.1 Å². The predicted molar refractivity (Wildman–Crippen MR) is 84.6 cm³/mol. The smallest absolute Gasteiger partial charge is 0.257 e. The van der Waals surface area contributed by atoms with Gasteiger partial charge in [0.1, 0.15) is 5.56 Å². The molecule has 0 unspecified atom stereocenters. The molecule has 0 aliphatic carbocycles. The third kappa shape index (κ3) is 2.61. The maximum absolute atomic E-state index is 12.4. The summed E-state index contributed by atoms with van der Waals surface area (Å²) in [5.74, 6) is -0.379. The fraction of sp³-hybridized carbons (Fsp3) is 0.118. The summed E-state index contributed by atoms with van der Waals surface area (Å²) in [5, 5.41) is 3.30. The van der Waals surface area contributed by atoms with Crippen LogP contribution in [0.15, 0.2) is 59.8 Å². The normalized spacial score (nSPS) is 10.6. The number of amides is 1. The molecule has 22 heavy (non-hydrogen) atoms. The molecule has 2 heterocycles. The van der Waals surface area contributed by atoms with E-state index in [4.69, 9.17) is 0 Å². The molecule has 0 atom stereocenters. The molecule has 2 aromatic heterocycles. The van der Waals surface area contributed by atoms with E-state index in [-0.39, 0.29) is 16.9 Å². The van der Waals surface area contributed by atoms with Crippen molar-refractivity contribution >= 4 is 16.8 Å². The number of hydrogen-bond acceptors (Lipinski definition) is 3. The molecule has 1 N–H and O–H groups in total. The molecule has 0 fully saturated rings. The summed E-state index contributed by atoms with van der Waals surface area (Å²) >= 11 is 0. The molecular weight excluding hydrogens is 278 g/mol.